The highest BCUT2D eigenvalue weighted by Crippen LogP contribution is 2.63. The molecule has 174 valence electrons. The van der Waals surface area contributed by atoms with Gasteiger partial charge in [-0.3, -0.25) is 14.4 Å². The van der Waals surface area contributed by atoms with Gasteiger partial charge in [-0.25, -0.2) is 0 Å². The van der Waals surface area contributed by atoms with Crippen molar-refractivity contribution in [2.24, 2.45) is 23.2 Å². The van der Waals surface area contributed by atoms with Crippen molar-refractivity contribution in [1.29, 1.82) is 0 Å². The highest BCUT2D eigenvalue weighted by Gasteiger charge is 2.58. The predicted molar refractivity (Wildman–Crippen MR) is 124 cm³/mol. The zero-order valence-corrected chi connectivity index (χ0v) is 20.1. The molecule has 5 atom stereocenters. The lowest BCUT2D eigenvalue weighted by Crippen LogP contribution is -2.51. The average Bonchev–Trinajstić information content (AvgIpc) is 3.04. The number of carboxylic acids is 1. The van der Waals surface area contributed by atoms with Crippen LogP contribution in [0.5, 0.6) is 0 Å². The van der Waals surface area contributed by atoms with Gasteiger partial charge in [-0.2, -0.15) is 0 Å². The van der Waals surface area contributed by atoms with Gasteiger partial charge in [0.05, 0.1) is 6.42 Å². The van der Waals surface area contributed by atoms with Gasteiger partial charge in [0.15, 0.2) is 5.78 Å². The van der Waals surface area contributed by atoms with Crippen molar-refractivity contribution in [2.75, 3.05) is 0 Å². The molecule has 0 aliphatic heterocycles. The van der Waals surface area contributed by atoms with E-state index in [1.165, 1.54) is 0 Å². The summed E-state index contributed by atoms with van der Waals surface area (Å²) in [5.74, 6) is 0.582. The summed E-state index contributed by atoms with van der Waals surface area (Å²) in [7, 11) is 0. The van der Waals surface area contributed by atoms with E-state index in [2.05, 4.69) is 39.5 Å². The zero-order valence-electron chi connectivity index (χ0n) is 20.1. The normalized spacial score (nSPS) is 31.3. The summed E-state index contributed by atoms with van der Waals surface area (Å²) >= 11 is 0. The van der Waals surface area contributed by atoms with Crippen LogP contribution in [0.1, 0.15) is 94.1 Å². The monoisotopic (exact) mass is 439 g/mol. The zero-order chi connectivity index (χ0) is 23.4. The summed E-state index contributed by atoms with van der Waals surface area (Å²) in [6.07, 6.45) is 4.39. The molecular weight excluding hydrogens is 402 g/mol. The number of fused-ring (bicyclic) bond motifs is 5. The van der Waals surface area contributed by atoms with E-state index in [1.807, 2.05) is 12.1 Å². The van der Waals surface area contributed by atoms with E-state index in [1.54, 1.807) is 6.07 Å². The van der Waals surface area contributed by atoms with E-state index in [0.29, 0.717) is 29.7 Å². The van der Waals surface area contributed by atoms with Gasteiger partial charge >= 0.3 is 5.97 Å². The third kappa shape index (κ3) is 3.68. The molecule has 1 aromatic carbocycles. The molecule has 0 radical (unpaired) electrons. The number of hydrogen-bond acceptors (Lipinski definition) is 3. The Morgan fingerprint density at radius 2 is 1.81 bits per heavy atom. The molecule has 0 aromatic heterocycles. The molecule has 0 spiro atoms. The van der Waals surface area contributed by atoms with Gasteiger partial charge in [-0.15, -0.1) is 0 Å². The first-order valence-electron chi connectivity index (χ1n) is 12.2. The van der Waals surface area contributed by atoms with Crippen LogP contribution >= 0.6 is 0 Å². The molecule has 32 heavy (non-hydrogen) atoms. The van der Waals surface area contributed by atoms with Gasteiger partial charge in [-0.1, -0.05) is 19.1 Å². The van der Waals surface area contributed by atoms with Crippen LogP contribution in [-0.2, 0) is 16.0 Å². The quantitative estimate of drug-likeness (QED) is 0.695. The molecular formula is C27H37NO4. The van der Waals surface area contributed by atoms with Crippen molar-refractivity contribution >= 4 is 17.7 Å². The van der Waals surface area contributed by atoms with Crippen LogP contribution < -0.4 is 0 Å². The minimum Gasteiger partial charge on any atom is -0.481 e. The van der Waals surface area contributed by atoms with Gasteiger partial charge < -0.3 is 10.0 Å². The van der Waals surface area contributed by atoms with Crippen LogP contribution in [0, 0.1) is 23.2 Å². The molecule has 0 saturated heterocycles. The number of Topliss-reactive ketones (excluding diaryl/α,β-unsaturated/α-hetero) is 1. The maximum atomic E-state index is 13.6. The van der Waals surface area contributed by atoms with Crippen LogP contribution in [0.3, 0.4) is 0 Å². The van der Waals surface area contributed by atoms with E-state index in [-0.39, 0.29) is 41.5 Å². The number of benzene rings is 1. The Labute approximate surface area is 191 Å². The van der Waals surface area contributed by atoms with Crippen molar-refractivity contribution in [3.05, 3.63) is 34.9 Å². The van der Waals surface area contributed by atoms with Crippen LogP contribution in [0.2, 0.25) is 0 Å². The summed E-state index contributed by atoms with van der Waals surface area (Å²) in [6.45, 7) is 10.7. The van der Waals surface area contributed by atoms with Crippen LogP contribution in [0.25, 0.3) is 0 Å². The highest BCUT2D eigenvalue weighted by molar-refractivity contribution is 5.99. The molecule has 2 fully saturated rings. The van der Waals surface area contributed by atoms with E-state index in [0.717, 1.165) is 36.8 Å². The lowest BCUT2D eigenvalue weighted by Gasteiger charge is -2.51. The van der Waals surface area contributed by atoms with Crippen molar-refractivity contribution < 1.29 is 19.5 Å². The summed E-state index contributed by atoms with van der Waals surface area (Å²) in [5, 5.41) is 9.12. The van der Waals surface area contributed by atoms with Crippen molar-refractivity contribution in [3.63, 3.8) is 0 Å². The number of nitrogens with zero attached hydrogens (tertiary/aromatic N) is 1. The third-order valence-electron chi connectivity index (χ3n) is 8.70. The Hall–Kier alpha value is -2.17. The smallest absolute Gasteiger partial charge is 0.307 e. The number of ketones is 1. The van der Waals surface area contributed by atoms with E-state index < -0.39 is 5.97 Å². The second-order valence-corrected chi connectivity index (χ2v) is 11.1. The lowest BCUT2D eigenvalue weighted by atomic mass is 9.54. The molecule has 3 aliphatic rings. The largest absolute Gasteiger partial charge is 0.481 e. The minimum absolute atomic E-state index is 0.0349. The Balaban J connectivity index is 1.62. The fourth-order valence-electron chi connectivity index (χ4n) is 7.43. The minimum atomic E-state index is -0.877. The SMILES string of the molecule is CC(C)N(C(=O)[C@H]1CCC2C3CC(=O)c4cc(CC(=O)O)ccc4C3CC[C@@]21C)C(C)C. The van der Waals surface area contributed by atoms with Crippen molar-refractivity contribution in [1.82, 2.24) is 4.90 Å². The fourth-order valence-corrected chi connectivity index (χ4v) is 7.43. The topological polar surface area (TPSA) is 74.7 Å². The summed E-state index contributed by atoms with van der Waals surface area (Å²) in [6, 6.07) is 6.05. The Morgan fingerprint density at radius 1 is 1.12 bits per heavy atom. The van der Waals surface area contributed by atoms with E-state index >= 15 is 0 Å². The molecule has 0 bridgehead atoms. The van der Waals surface area contributed by atoms with E-state index in [4.69, 9.17) is 5.11 Å². The molecule has 3 unspecified atom stereocenters. The number of rotatable bonds is 5. The van der Waals surface area contributed by atoms with Gasteiger partial charge in [0.1, 0.15) is 0 Å². The van der Waals surface area contributed by atoms with Gasteiger partial charge in [-0.05, 0) is 93.7 Å². The van der Waals surface area contributed by atoms with Crippen molar-refractivity contribution in [2.45, 2.75) is 91.1 Å². The molecule has 5 nitrogen and oxygen atoms in total. The number of amides is 1. The Morgan fingerprint density at radius 3 is 2.44 bits per heavy atom. The standard InChI is InChI=1S/C27H37NO4/c1-15(2)28(16(3)4)26(32)23-9-8-22-20-14-24(29)21-12-17(13-25(30)31)6-7-18(21)19(20)10-11-27(22,23)5/h6-7,12,15-16,19-20,22-23H,8-11,13-14H2,1-5H3,(H,30,31)/t19?,20?,22?,23-,27+/m1/s1. The second kappa shape index (κ2) is 8.31. The van der Waals surface area contributed by atoms with Gasteiger partial charge in [0.25, 0.3) is 0 Å². The summed E-state index contributed by atoms with van der Waals surface area (Å²) < 4.78 is 0. The summed E-state index contributed by atoms with van der Waals surface area (Å²) in [5.41, 5.74) is 2.47. The van der Waals surface area contributed by atoms with Crippen LogP contribution in [0.4, 0.5) is 0 Å². The molecule has 3 aliphatic carbocycles. The number of hydrogen-bond donors (Lipinski definition) is 1. The molecule has 2 saturated carbocycles. The molecule has 0 heterocycles. The number of carboxylic acid groups (broad SMARTS) is 1. The molecule has 1 amide bonds. The predicted octanol–water partition coefficient (Wildman–Crippen LogP) is 5.07. The van der Waals surface area contributed by atoms with Crippen molar-refractivity contribution in [3.8, 4) is 0 Å². The highest BCUT2D eigenvalue weighted by atomic mass is 16.4. The molecule has 1 N–H and O–H groups in total. The molecule has 4 rings (SSSR count). The first-order valence-corrected chi connectivity index (χ1v) is 12.2. The summed E-state index contributed by atoms with van der Waals surface area (Å²) in [4.78, 5) is 40.0. The maximum absolute atomic E-state index is 13.6. The lowest BCUT2D eigenvalue weighted by molar-refractivity contribution is -0.144. The average molecular weight is 440 g/mol. The van der Waals surface area contributed by atoms with Gasteiger partial charge in [0.2, 0.25) is 5.91 Å². The first kappa shape index (κ1) is 23.0. The third-order valence-corrected chi connectivity index (χ3v) is 8.70. The van der Waals surface area contributed by atoms with Crippen LogP contribution in [0.15, 0.2) is 18.2 Å². The Bertz CT molecular complexity index is 928. The Kier molecular flexibility index (Phi) is 5.98. The second-order valence-electron chi connectivity index (χ2n) is 11.1. The van der Waals surface area contributed by atoms with Crippen LogP contribution in [-0.4, -0.2) is 39.7 Å². The first-order chi connectivity index (χ1) is 15.0. The number of carbonyl (C=O) groups excluding carboxylic acids is 2. The molecule has 5 heteroatoms. The maximum Gasteiger partial charge on any atom is 0.307 e. The number of aliphatic carboxylic acids is 1. The fraction of sp³-hybridized carbons (Fsp3) is 0.667. The molecule has 1 aromatic rings. The van der Waals surface area contributed by atoms with E-state index in [9.17, 15) is 14.4 Å². The number of carbonyl (C=O) groups is 3. The van der Waals surface area contributed by atoms with Gasteiger partial charge in [0, 0.05) is 30.0 Å².